The number of likely N-dealkylation sites (N-methyl/N-ethyl adjacent to an activating group) is 1. The van der Waals surface area contributed by atoms with Crippen molar-refractivity contribution >= 4 is 23.3 Å². The summed E-state index contributed by atoms with van der Waals surface area (Å²) in [5.74, 6) is -0.256. The minimum absolute atomic E-state index is 0.0934. The second kappa shape index (κ2) is 7.46. The van der Waals surface area contributed by atoms with Crippen molar-refractivity contribution in [3.63, 3.8) is 0 Å². The number of imide groups is 1. The highest BCUT2D eigenvalue weighted by molar-refractivity contribution is 6.06. The van der Waals surface area contributed by atoms with E-state index in [1.54, 1.807) is 17.0 Å². The van der Waals surface area contributed by atoms with Crippen molar-refractivity contribution in [3.05, 3.63) is 76.4 Å². The molecule has 6 heteroatoms. The lowest BCUT2D eigenvalue weighted by Crippen LogP contribution is -2.40. The predicted octanol–water partition coefficient (Wildman–Crippen LogP) is 3.01. The summed E-state index contributed by atoms with van der Waals surface area (Å²) < 4.78 is 0. The SMILES string of the molecule is CCN1C(=O)C2CC3=C(CN2C1=O)C(Cc1ccc(C(=O)CO)cc1)c1ccccc13. The van der Waals surface area contributed by atoms with Crippen LogP contribution in [0.5, 0.6) is 0 Å². The van der Waals surface area contributed by atoms with Crippen molar-refractivity contribution in [1.29, 1.82) is 0 Å². The molecule has 2 unspecified atom stereocenters. The second-order valence-corrected chi connectivity index (χ2v) is 8.34. The van der Waals surface area contributed by atoms with Crippen molar-refractivity contribution in [1.82, 2.24) is 9.80 Å². The Hall–Kier alpha value is -3.25. The number of benzene rings is 2. The molecule has 158 valence electrons. The normalized spacial score (nSPS) is 22.0. The van der Waals surface area contributed by atoms with Crippen LogP contribution >= 0.6 is 0 Å². The highest BCUT2D eigenvalue weighted by Crippen LogP contribution is 2.49. The summed E-state index contributed by atoms with van der Waals surface area (Å²) >= 11 is 0. The molecule has 3 aliphatic rings. The maximum Gasteiger partial charge on any atom is 0.327 e. The monoisotopic (exact) mass is 416 g/mol. The van der Waals surface area contributed by atoms with E-state index in [-0.39, 0.29) is 23.6 Å². The van der Waals surface area contributed by atoms with Crippen LogP contribution in [-0.2, 0) is 11.2 Å². The van der Waals surface area contributed by atoms with Crippen molar-refractivity contribution in [2.75, 3.05) is 19.7 Å². The van der Waals surface area contributed by atoms with Crippen molar-refractivity contribution in [2.45, 2.75) is 31.7 Å². The Balaban J connectivity index is 1.48. The zero-order chi connectivity index (χ0) is 21.7. The third-order valence-electron chi connectivity index (χ3n) is 6.79. The summed E-state index contributed by atoms with van der Waals surface area (Å²) in [4.78, 5) is 40.3. The van der Waals surface area contributed by atoms with Gasteiger partial charge >= 0.3 is 6.03 Å². The number of urea groups is 1. The van der Waals surface area contributed by atoms with E-state index in [0.717, 1.165) is 12.0 Å². The van der Waals surface area contributed by atoms with E-state index in [9.17, 15) is 14.4 Å². The Labute approximate surface area is 180 Å². The number of amides is 3. The van der Waals surface area contributed by atoms with Gasteiger partial charge in [-0.2, -0.15) is 0 Å². The first kappa shape index (κ1) is 19.7. The van der Waals surface area contributed by atoms with Crippen LogP contribution in [0.3, 0.4) is 0 Å². The lowest BCUT2D eigenvalue weighted by atomic mass is 9.87. The number of rotatable bonds is 5. The van der Waals surface area contributed by atoms with Gasteiger partial charge in [0.15, 0.2) is 5.78 Å². The number of carbonyl (C=O) groups is 3. The van der Waals surface area contributed by atoms with Gasteiger partial charge in [0, 0.05) is 31.0 Å². The Morgan fingerprint density at radius 1 is 1.10 bits per heavy atom. The number of hydrogen-bond donors (Lipinski definition) is 1. The molecular formula is C25H24N2O4. The third kappa shape index (κ3) is 3.01. The second-order valence-electron chi connectivity index (χ2n) is 8.34. The molecule has 2 atom stereocenters. The number of fused-ring (bicyclic) bond motifs is 3. The Morgan fingerprint density at radius 2 is 1.84 bits per heavy atom. The van der Waals surface area contributed by atoms with Gasteiger partial charge in [0.25, 0.3) is 5.91 Å². The minimum Gasteiger partial charge on any atom is -0.388 e. The first-order chi connectivity index (χ1) is 15.0. The standard InChI is InChI=1S/C25H24N2O4/c1-2-26-24(30)22-12-20-18-6-4-3-5-17(18)19(21(20)13-27(22)25(26)31)11-15-7-9-16(10-8-15)23(29)14-28/h3-10,19,22,28H,2,11-14H2,1H3. The first-order valence-electron chi connectivity index (χ1n) is 10.7. The molecule has 0 radical (unpaired) electrons. The Morgan fingerprint density at radius 3 is 2.55 bits per heavy atom. The van der Waals surface area contributed by atoms with Crippen LogP contribution in [0.25, 0.3) is 5.57 Å². The van der Waals surface area contributed by atoms with Gasteiger partial charge in [0.05, 0.1) is 0 Å². The van der Waals surface area contributed by atoms with Crippen LogP contribution in [-0.4, -0.2) is 58.4 Å². The molecule has 6 nitrogen and oxygen atoms in total. The van der Waals surface area contributed by atoms with Crippen molar-refractivity contribution in [3.8, 4) is 0 Å². The van der Waals surface area contributed by atoms with Crippen LogP contribution in [0.4, 0.5) is 4.79 Å². The predicted molar refractivity (Wildman–Crippen MR) is 116 cm³/mol. The number of hydrogen-bond acceptors (Lipinski definition) is 4. The van der Waals surface area contributed by atoms with Crippen molar-refractivity contribution < 1.29 is 19.5 Å². The molecule has 3 amide bonds. The maximum absolute atomic E-state index is 12.8. The third-order valence-corrected chi connectivity index (χ3v) is 6.79. The zero-order valence-corrected chi connectivity index (χ0v) is 17.4. The van der Waals surface area contributed by atoms with Gasteiger partial charge in [-0.15, -0.1) is 0 Å². The van der Waals surface area contributed by atoms with Gasteiger partial charge in [0.1, 0.15) is 12.6 Å². The lowest BCUT2D eigenvalue weighted by molar-refractivity contribution is -0.128. The molecule has 1 saturated heterocycles. The fourth-order valence-electron chi connectivity index (χ4n) is 5.22. The van der Waals surface area contributed by atoms with E-state index in [4.69, 9.17) is 5.11 Å². The van der Waals surface area contributed by atoms with E-state index in [2.05, 4.69) is 12.1 Å². The van der Waals surface area contributed by atoms with Gasteiger partial charge in [-0.3, -0.25) is 14.5 Å². The molecular weight excluding hydrogens is 392 g/mol. The topological polar surface area (TPSA) is 77.9 Å². The van der Waals surface area contributed by atoms with Crippen LogP contribution in [0.1, 0.15) is 46.3 Å². The number of aliphatic hydroxyl groups excluding tert-OH is 1. The molecule has 5 rings (SSSR count). The number of carbonyl (C=O) groups excluding carboxylic acids is 3. The van der Waals surface area contributed by atoms with E-state index in [0.29, 0.717) is 25.1 Å². The average molecular weight is 416 g/mol. The fraction of sp³-hybridized carbons (Fsp3) is 0.320. The van der Waals surface area contributed by atoms with E-state index >= 15 is 0 Å². The smallest absolute Gasteiger partial charge is 0.327 e. The average Bonchev–Trinajstić information content (AvgIpc) is 3.23. The van der Waals surface area contributed by atoms with Gasteiger partial charge in [-0.25, -0.2) is 4.79 Å². The van der Waals surface area contributed by atoms with E-state index < -0.39 is 12.6 Å². The minimum atomic E-state index is -0.496. The fourth-order valence-corrected chi connectivity index (χ4v) is 5.22. The molecule has 0 spiro atoms. The maximum atomic E-state index is 12.8. The number of aliphatic hydroxyl groups is 1. The molecule has 0 bridgehead atoms. The van der Waals surface area contributed by atoms with Gasteiger partial charge in [-0.05, 0) is 41.2 Å². The molecule has 1 aliphatic carbocycles. The molecule has 2 heterocycles. The molecule has 1 N–H and O–H groups in total. The summed E-state index contributed by atoms with van der Waals surface area (Å²) in [6, 6.07) is 15.1. The van der Waals surface area contributed by atoms with Gasteiger partial charge < -0.3 is 10.0 Å². The highest BCUT2D eigenvalue weighted by Gasteiger charge is 2.49. The molecule has 2 aromatic rings. The summed E-state index contributed by atoms with van der Waals surface area (Å²) in [6.07, 6.45) is 1.31. The van der Waals surface area contributed by atoms with Gasteiger partial charge in [-0.1, -0.05) is 48.5 Å². The Kier molecular flexibility index (Phi) is 4.74. The molecule has 1 fully saturated rings. The summed E-state index contributed by atoms with van der Waals surface area (Å²) in [5, 5.41) is 9.06. The van der Waals surface area contributed by atoms with Crippen molar-refractivity contribution in [2.24, 2.45) is 0 Å². The van der Waals surface area contributed by atoms with E-state index in [1.807, 2.05) is 31.2 Å². The molecule has 2 aliphatic heterocycles. The lowest BCUT2D eigenvalue weighted by Gasteiger charge is -2.30. The number of Topliss-reactive ketones (excluding diaryl/α,β-unsaturated/α-hetero) is 1. The first-order valence-corrected chi connectivity index (χ1v) is 10.7. The summed E-state index contributed by atoms with van der Waals surface area (Å²) in [7, 11) is 0. The summed E-state index contributed by atoms with van der Waals surface area (Å²) in [5.41, 5.74) is 6.42. The molecule has 2 aromatic carbocycles. The van der Waals surface area contributed by atoms with Crippen LogP contribution in [0.15, 0.2) is 54.1 Å². The highest BCUT2D eigenvalue weighted by atomic mass is 16.3. The number of ketones is 1. The van der Waals surface area contributed by atoms with Crippen LogP contribution < -0.4 is 0 Å². The molecule has 0 aromatic heterocycles. The van der Waals surface area contributed by atoms with E-state index in [1.165, 1.54) is 27.2 Å². The molecule has 31 heavy (non-hydrogen) atoms. The van der Waals surface area contributed by atoms with Crippen LogP contribution in [0.2, 0.25) is 0 Å². The quantitative estimate of drug-likeness (QED) is 0.600. The zero-order valence-electron chi connectivity index (χ0n) is 17.4. The summed E-state index contributed by atoms with van der Waals surface area (Å²) in [6.45, 7) is 2.21. The van der Waals surface area contributed by atoms with Crippen LogP contribution in [0, 0.1) is 0 Å². The number of nitrogens with zero attached hydrogens (tertiary/aromatic N) is 2. The Bertz CT molecular complexity index is 1120. The van der Waals surface area contributed by atoms with Gasteiger partial charge in [0.2, 0.25) is 0 Å². The largest absolute Gasteiger partial charge is 0.388 e. The molecule has 0 saturated carbocycles.